The third kappa shape index (κ3) is 5.12. The molecule has 4 aromatic rings. The Morgan fingerprint density at radius 3 is 2.57 bits per heavy atom. The van der Waals surface area contributed by atoms with Crippen LogP contribution in [0.15, 0.2) is 82.5 Å². The number of hydrogen-bond donors (Lipinski definition) is 0. The van der Waals surface area contributed by atoms with E-state index in [-0.39, 0.29) is 6.54 Å². The van der Waals surface area contributed by atoms with E-state index < -0.39 is 24.5 Å². The van der Waals surface area contributed by atoms with Crippen LogP contribution in [0.3, 0.4) is 0 Å². The molecular formula is C24H19ClN6O4. The molecule has 0 spiro atoms. The largest absolute Gasteiger partial charge is 0.467 e. The SMILES string of the molecule is O=C(Cn1nnc(-c2ccccc2)n1)OCC(=O)N1N=C(c2ccc(Cl)cc2)CC1c1ccco1. The summed E-state index contributed by atoms with van der Waals surface area (Å²) in [6, 6.07) is 19.5. The van der Waals surface area contributed by atoms with E-state index >= 15 is 0 Å². The highest BCUT2D eigenvalue weighted by Crippen LogP contribution is 2.33. The highest BCUT2D eigenvalue weighted by molar-refractivity contribution is 6.30. The summed E-state index contributed by atoms with van der Waals surface area (Å²) in [5.74, 6) is -0.194. The average molecular weight is 491 g/mol. The van der Waals surface area contributed by atoms with Crippen molar-refractivity contribution >= 4 is 29.2 Å². The van der Waals surface area contributed by atoms with Crippen molar-refractivity contribution in [3.8, 4) is 11.4 Å². The Kier molecular flexibility index (Phi) is 6.36. The predicted molar refractivity (Wildman–Crippen MR) is 125 cm³/mol. The molecular weight excluding hydrogens is 472 g/mol. The number of rotatable bonds is 7. The van der Waals surface area contributed by atoms with E-state index in [0.717, 1.165) is 15.9 Å². The Morgan fingerprint density at radius 1 is 1.03 bits per heavy atom. The van der Waals surface area contributed by atoms with Gasteiger partial charge in [0.15, 0.2) is 13.2 Å². The molecule has 3 heterocycles. The number of tetrazole rings is 1. The summed E-state index contributed by atoms with van der Waals surface area (Å²) in [6.07, 6.45) is 1.98. The number of hydrogen-bond acceptors (Lipinski definition) is 8. The first-order valence-electron chi connectivity index (χ1n) is 10.7. The summed E-state index contributed by atoms with van der Waals surface area (Å²) in [5, 5.41) is 18.4. The maximum absolute atomic E-state index is 13.0. The molecule has 2 aromatic heterocycles. The van der Waals surface area contributed by atoms with Gasteiger partial charge in [-0.3, -0.25) is 4.79 Å². The van der Waals surface area contributed by atoms with Crippen LogP contribution < -0.4 is 0 Å². The molecule has 1 aliphatic rings. The third-order valence-corrected chi connectivity index (χ3v) is 5.58. The van der Waals surface area contributed by atoms with Gasteiger partial charge in [-0.25, -0.2) is 9.80 Å². The molecule has 0 aliphatic carbocycles. The fourth-order valence-electron chi connectivity index (χ4n) is 3.64. The first-order valence-corrected chi connectivity index (χ1v) is 11.1. The second-order valence-corrected chi connectivity index (χ2v) is 8.13. The lowest BCUT2D eigenvalue weighted by Gasteiger charge is -2.19. The minimum Gasteiger partial charge on any atom is -0.467 e. The highest BCUT2D eigenvalue weighted by Gasteiger charge is 2.35. The summed E-state index contributed by atoms with van der Waals surface area (Å²) >= 11 is 5.99. The van der Waals surface area contributed by atoms with Crippen LogP contribution in [-0.2, 0) is 20.9 Å². The van der Waals surface area contributed by atoms with Crippen LogP contribution in [-0.4, -0.2) is 49.4 Å². The molecule has 0 saturated heterocycles. The van der Waals surface area contributed by atoms with Gasteiger partial charge < -0.3 is 9.15 Å². The van der Waals surface area contributed by atoms with Crippen molar-refractivity contribution in [1.82, 2.24) is 25.2 Å². The molecule has 0 fully saturated rings. The van der Waals surface area contributed by atoms with Gasteiger partial charge in [0.1, 0.15) is 11.8 Å². The number of amides is 1. The number of carbonyl (C=O) groups excluding carboxylic acids is 2. The molecule has 1 atom stereocenters. The maximum Gasteiger partial charge on any atom is 0.330 e. The number of benzene rings is 2. The van der Waals surface area contributed by atoms with E-state index in [1.807, 2.05) is 42.5 Å². The molecule has 0 radical (unpaired) electrons. The second-order valence-electron chi connectivity index (χ2n) is 7.70. The standard InChI is InChI=1S/C24H19ClN6O4/c25-18-10-8-16(9-11-18)19-13-20(21-7-4-12-34-21)31(27-19)22(32)15-35-23(33)14-30-28-24(26-29-30)17-5-2-1-3-6-17/h1-12,20H,13-15H2. The monoisotopic (exact) mass is 490 g/mol. The van der Waals surface area contributed by atoms with Crippen LogP contribution in [0.2, 0.25) is 5.02 Å². The van der Waals surface area contributed by atoms with Gasteiger partial charge in [-0.1, -0.05) is 54.1 Å². The topological polar surface area (TPSA) is 116 Å². The number of esters is 1. The number of halogens is 1. The number of furan rings is 1. The molecule has 0 N–H and O–H groups in total. The van der Waals surface area contributed by atoms with E-state index in [4.69, 9.17) is 20.8 Å². The second kappa shape index (κ2) is 9.90. The summed E-state index contributed by atoms with van der Waals surface area (Å²) in [7, 11) is 0. The number of aromatic nitrogens is 4. The number of ether oxygens (including phenoxy) is 1. The van der Waals surface area contributed by atoms with Gasteiger partial charge in [0.2, 0.25) is 5.82 Å². The summed E-state index contributed by atoms with van der Waals surface area (Å²) in [6.45, 7) is -0.776. The lowest BCUT2D eigenvalue weighted by molar-refractivity contribution is -0.153. The first-order chi connectivity index (χ1) is 17.1. The zero-order valence-electron chi connectivity index (χ0n) is 18.3. The number of carbonyl (C=O) groups is 2. The highest BCUT2D eigenvalue weighted by atomic mass is 35.5. The third-order valence-electron chi connectivity index (χ3n) is 5.33. The fourth-order valence-corrected chi connectivity index (χ4v) is 3.77. The van der Waals surface area contributed by atoms with E-state index in [1.165, 1.54) is 11.3 Å². The number of nitrogens with zero attached hydrogens (tertiary/aromatic N) is 6. The summed E-state index contributed by atoms with van der Waals surface area (Å²) in [4.78, 5) is 26.4. The van der Waals surface area contributed by atoms with Crippen molar-refractivity contribution in [1.29, 1.82) is 0 Å². The van der Waals surface area contributed by atoms with Crippen molar-refractivity contribution in [3.63, 3.8) is 0 Å². The molecule has 0 saturated carbocycles. The van der Waals surface area contributed by atoms with Gasteiger partial charge >= 0.3 is 5.97 Å². The summed E-state index contributed by atoms with van der Waals surface area (Å²) < 4.78 is 10.7. The Bertz CT molecular complexity index is 1350. The Balaban J connectivity index is 1.24. The molecule has 2 aromatic carbocycles. The fraction of sp³-hybridized carbons (Fsp3) is 0.167. The van der Waals surface area contributed by atoms with Crippen LogP contribution in [0.5, 0.6) is 0 Å². The van der Waals surface area contributed by atoms with Gasteiger partial charge in [0, 0.05) is 17.0 Å². The molecule has 0 bridgehead atoms. The van der Waals surface area contributed by atoms with Gasteiger partial charge in [0.05, 0.1) is 12.0 Å². The van der Waals surface area contributed by atoms with E-state index in [2.05, 4.69) is 20.5 Å². The number of hydrazone groups is 1. The molecule has 35 heavy (non-hydrogen) atoms. The van der Waals surface area contributed by atoms with Gasteiger partial charge in [0.25, 0.3) is 5.91 Å². The smallest absolute Gasteiger partial charge is 0.330 e. The van der Waals surface area contributed by atoms with Crippen LogP contribution in [0.1, 0.15) is 23.8 Å². The molecule has 176 valence electrons. The Hall–Kier alpha value is -4.31. The van der Waals surface area contributed by atoms with Crippen LogP contribution in [0, 0.1) is 0 Å². The van der Waals surface area contributed by atoms with E-state index in [1.54, 1.807) is 24.3 Å². The van der Waals surface area contributed by atoms with Crippen LogP contribution >= 0.6 is 11.6 Å². The lowest BCUT2D eigenvalue weighted by Crippen LogP contribution is -2.31. The molecule has 1 aliphatic heterocycles. The van der Waals surface area contributed by atoms with E-state index in [9.17, 15) is 9.59 Å². The Labute approximate surface area is 204 Å². The molecule has 1 unspecified atom stereocenters. The maximum atomic E-state index is 13.0. The van der Waals surface area contributed by atoms with Crippen molar-refractivity contribution in [2.45, 2.75) is 19.0 Å². The molecule has 11 heteroatoms. The van der Waals surface area contributed by atoms with Gasteiger partial charge in [-0.05, 0) is 35.0 Å². The minimum atomic E-state index is -0.675. The van der Waals surface area contributed by atoms with Crippen LogP contribution in [0.25, 0.3) is 11.4 Å². The van der Waals surface area contributed by atoms with Crippen molar-refractivity contribution in [3.05, 3.63) is 89.3 Å². The normalized spacial score (nSPS) is 15.2. The summed E-state index contributed by atoms with van der Waals surface area (Å²) in [5.41, 5.74) is 2.31. The molecule has 10 nitrogen and oxygen atoms in total. The van der Waals surface area contributed by atoms with Gasteiger partial charge in [-0.15, -0.1) is 10.2 Å². The lowest BCUT2D eigenvalue weighted by atomic mass is 10.0. The Morgan fingerprint density at radius 2 is 1.83 bits per heavy atom. The quantitative estimate of drug-likeness (QED) is 0.364. The van der Waals surface area contributed by atoms with Crippen molar-refractivity contribution in [2.24, 2.45) is 5.10 Å². The first kappa shape index (κ1) is 22.5. The van der Waals surface area contributed by atoms with Crippen molar-refractivity contribution in [2.75, 3.05) is 6.61 Å². The average Bonchev–Trinajstić information content (AvgIpc) is 3.64. The van der Waals surface area contributed by atoms with Gasteiger partial charge in [-0.2, -0.15) is 9.90 Å². The van der Waals surface area contributed by atoms with E-state index in [0.29, 0.717) is 28.7 Å². The van der Waals surface area contributed by atoms with Crippen molar-refractivity contribution < 1.29 is 18.7 Å². The molecule has 5 rings (SSSR count). The molecule has 1 amide bonds. The minimum absolute atomic E-state index is 0.284. The predicted octanol–water partition coefficient (Wildman–Crippen LogP) is 3.51. The van der Waals surface area contributed by atoms with Crippen LogP contribution in [0.4, 0.5) is 0 Å². The zero-order chi connectivity index (χ0) is 24.2. The zero-order valence-corrected chi connectivity index (χ0v) is 19.1.